The zero-order valence-electron chi connectivity index (χ0n) is 39.8. The fourth-order valence-corrected chi connectivity index (χ4v) is 6.32. The van der Waals surface area contributed by atoms with E-state index in [1.54, 1.807) is 0 Å². The summed E-state index contributed by atoms with van der Waals surface area (Å²) in [6.07, 6.45) is 66.5. The van der Waals surface area contributed by atoms with E-state index in [1.807, 2.05) is 12.2 Å². The van der Waals surface area contributed by atoms with Crippen LogP contribution in [-0.4, -0.2) is 37.2 Å². The van der Waals surface area contributed by atoms with Crippen molar-refractivity contribution in [3.63, 3.8) is 0 Å². The van der Waals surface area contributed by atoms with E-state index in [2.05, 4.69) is 118 Å². The van der Waals surface area contributed by atoms with E-state index < -0.39 is 6.10 Å². The van der Waals surface area contributed by atoms with Crippen molar-refractivity contribution in [1.82, 2.24) is 0 Å². The van der Waals surface area contributed by atoms with Crippen LogP contribution in [0.5, 0.6) is 0 Å². The van der Waals surface area contributed by atoms with Crippen molar-refractivity contribution in [2.24, 2.45) is 0 Å². The summed E-state index contributed by atoms with van der Waals surface area (Å²) in [5, 5.41) is 0. The average molecular weight is 859 g/mol. The summed E-state index contributed by atoms with van der Waals surface area (Å²) in [6, 6.07) is 0. The van der Waals surface area contributed by atoms with Gasteiger partial charge < -0.3 is 14.2 Å². The highest BCUT2D eigenvalue weighted by Gasteiger charge is 2.19. The second-order valence-electron chi connectivity index (χ2n) is 16.0. The fourth-order valence-electron chi connectivity index (χ4n) is 6.32. The summed E-state index contributed by atoms with van der Waals surface area (Å²) < 4.78 is 16.7. The van der Waals surface area contributed by atoms with Crippen molar-refractivity contribution in [2.45, 2.75) is 213 Å². The molecular formula is C56H90O6. The van der Waals surface area contributed by atoms with Gasteiger partial charge in [0.25, 0.3) is 0 Å². The highest BCUT2D eigenvalue weighted by atomic mass is 16.6. The predicted molar refractivity (Wildman–Crippen MR) is 265 cm³/mol. The van der Waals surface area contributed by atoms with Crippen molar-refractivity contribution in [3.05, 3.63) is 109 Å². The minimum Gasteiger partial charge on any atom is -0.462 e. The van der Waals surface area contributed by atoms with E-state index in [9.17, 15) is 14.4 Å². The molecule has 0 saturated heterocycles. The van der Waals surface area contributed by atoms with E-state index in [4.69, 9.17) is 14.2 Å². The molecule has 0 aromatic carbocycles. The molecule has 0 aromatic rings. The normalized spacial score (nSPS) is 13.0. The molecule has 0 aliphatic rings. The van der Waals surface area contributed by atoms with Crippen LogP contribution in [0.15, 0.2) is 109 Å². The van der Waals surface area contributed by atoms with Crippen molar-refractivity contribution in [2.75, 3.05) is 13.2 Å². The lowest BCUT2D eigenvalue weighted by molar-refractivity contribution is -0.166. The lowest BCUT2D eigenvalue weighted by Crippen LogP contribution is -2.30. The molecule has 0 aromatic heterocycles. The van der Waals surface area contributed by atoms with Crippen LogP contribution in [-0.2, 0) is 28.6 Å². The maximum absolute atomic E-state index is 12.8. The van der Waals surface area contributed by atoms with Gasteiger partial charge in [-0.05, 0) is 109 Å². The first-order valence-corrected chi connectivity index (χ1v) is 24.9. The monoisotopic (exact) mass is 859 g/mol. The Morgan fingerprint density at radius 1 is 0.339 bits per heavy atom. The number of carbonyl (C=O) groups is 3. The van der Waals surface area contributed by atoms with Gasteiger partial charge in [-0.1, -0.05) is 188 Å². The van der Waals surface area contributed by atoms with Crippen LogP contribution in [0.3, 0.4) is 0 Å². The Kier molecular flexibility index (Phi) is 46.6. The first kappa shape index (κ1) is 58.1. The molecular weight excluding hydrogens is 769 g/mol. The zero-order chi connectivity index (χ0) is 45.1. The Morgan fingerprint density at radius 2 is 0.661 bits per heavy atom. The summed E-state index contributed by atoms with van der Waals surface area (Å²) in [5.74, 6) is -1.04. The van der Waals surface area contributed by atoms with E-state index >= 15 is 0 Å². The molecule has 0 rings (SSSR count). The molecule has 0 N–H and O–H groups in total. The molecule has 0 aliphatic heterocycles. The average Bonchev–Trinajstić information content (AvgIpc) is 3.27. The number of ether oxygens (including phenoxy) is 3. The molecule has 0 radical (unpaired) electrons. The minimum atomic E-state index is -0.823. The number of hydrogen-bond donors (Lipinski definition) is 0. The van der Waals surface area contributed by atoms with Gasteiger partial charge in [0.15, 0.2) is 6.10 Å². The Hall–Kier alpha value is -3.93. The van der Waals surface area contributed by atoms with E-state index in [0.717, 1.165) is 128 Å². The maximum Gasteiger partial charge on any atom is 0.306 e. The van der Waals surface area contributed by atoms with Crippen molar-refractivity contribution < 1.29 is 28.6 Å². The number of allylic oxidation sites excluding steroid dienone is 18. The van der Waals surface area contributed by atoms with Gasteiger partial charge in [0.2, 0.25) is 0 Å². The summed E-state index contributed by atoms with van der Waals surface area (Å²) in [7, 11) is 0. The molecule has 0 amide bonds. The molecule has 0 bridgehead atoms. The molecule has 350 valence electrons. The number of hydrogen-bond acceptors (Lipinski definition) is 6. The van der Waals surface area contributed by atoms with Gasteiger partial charge >= 0.3 is 17.9 Å². The Bertz CT molecular complexity index is 1310. The molecule has 0 fully saturated rings. The minimum absolute atomic E-state index is 0.117. The van der Waals surface area contributed by atoms with Gasteiger partial charge in [0.05, 0.1) is 0 Å². The van der Waals surface area contributed by atoms with Crippen LogP contribution in [0.2, 0.25) is 0 Å². The summed E-state index contributed by atoms with van der Waals surface area (Å²) in [4.78, 5) is 37.9. The SMILES string of the molecule is CC/C=C\C/C=C\C/C=C\C/C=C\CCC(=O)OCC(COC(=O)CCCCCCC/C=C\C/C=C\CCCCCC)OC(=O)CCCCCCC/C=C\C/C=C\C/C=C\CC. The third kappa shape index (κ3) is 47.1. The van der Waals surface area contributed by atoms with Crippen molar-refractivity contribution >= 4 is 17.9 Å². The number of carbonyl (C=O) groups excluding carboxylic acids is 3. The van der Waals surface area contributed by atoms with E-state index in [-0.39, 0.29) is 44.0 Å². The first-order valence-electron chi connectivity index (χ1n) is 24.9. The van der Waals surface area contributed by atoms with Crippen LogP contribution in [0, 0.1) is 0 Å². The summed E-state index contributed by atoms with van der Waals surface area (Å²) in [5.41, 5.74) is 0. The van der Waals surface area contributed by atoms with Crippen LogP contribution >= 0.6 is 0 Å². The van der Waals surface area contributed by atoms with Crippen LogP contribution in [0.1, 0.15) is 207 Å². The standard InChI is InChI=1S/C56H90O6/c1-4-7-10-13-16-19-22-25-27-29-31-34-37-40-43-46-49-55(58)61-52-53(51-60-54(57)48-45-42-39-36-33-30-24-21-18-15-12-9-6-3)62-56(59)50-47-44-41-38-35-32-28-26-23-20-17-14-11-8-5-2/h8-9,11-12,17-22,26-30,33,39,42,53H,4-7,10,13-16,23-25,31-32,34-38,40-41,43-52H2,1-3H3/b11-8-,12-9-,20-17-,21-18-,22-19-,28-26-,29-27-,33-30-,42-39-. The fraction of sp³-hybridized carbons (Fsp3) is 0.625. The van der Waals surface area contributed by atoms with Gasteiger partial charge in [0.1, 0.15) is 13.2 Å². The molecule has 0 aliphatic carbocycles. The van der Waals surface area contributed by atoms with E-state index in [0.29, 0.717) is 12.8 Å². The molecule has 6 nitrogen and oxygen atoms in total. The Labute approximate surface area is 380 Å². The molecule has 62 heavy (non-hydrogen) atoms. The highest BCUT2D eigenvalue weighted by Crippen LogP contribution is 2.12. The predicted octanol–water partition coefficient (Wildman–Crippen LogP) is 16.4. The third-order valence-corrected chi connectivity index (χ3v) is 10.0. The van der Waals surface area contributed by atoms with E-state index in [1.165, 1.54) is 32.1 Å². The summed E-state index contributed by atoms with van der Waals surface area (Å²) >= 11 is 0. The first-order chi connectivity index (χ1) is 30.5. The summed E-state index contributed by atoms with van der Waals surface area (Å²) in [6.45, 7) is 6.28. The number of unbranched alkanes of at least 4 members (excludes halogenated alkanes) is 14. The lowest BCUT2D eigenvalue weighted by Gasteiger charge is -2.18. The largest absolute Gasteiger partial charge is 0.462 e. The quantitative estimate of drug-likeness (QED) is 0.0263. The molecule has 6 heteroatoms. The Balaban J connectivity index is 4.54. The van der Waals surface area contributed by atoms with Crippen molar-refractivity contribution in [1.29, 1.82) is 0 Å². The number of esters is 3. The van der Waals surface area contributed by atoms with Crippen LogP contribution in [0.25, 0.3) is 0 Å². The second-order valence-corrected chi connectivity index (χ2v) is 16.0. The van der Waals surface area contributed by atoms with Gasteiger partial charge in [-0.15, -0.1) is 0 Å². The lowest BCUT2D eigenvalue weighted by atomic mass is 10.1. The van der Waals surface area contributed by atoms with Gasteiger partial charge in [-0.2, -0.15) is 0 Å². The molecule has 1 unspecified atom stereocenters. The maximum atomic E-state index is 12.8. The van der Waals surface area contributed by atoms with Crippen LogP contribution in [0.4, 0.5) is 0 Å². The van der Waals surface area contributed by atoms with Gasteiger partial charge in [-0.3, -0.25) is 14.4 Å². The second kappa shape index (κ2) is 49.7. The highest BCUT2D eigenvalue weighted by molar-refractivity contribution is 5.71. The van der Waals surface area contributed by atoms with Crippen LogP contribution < -0.4 is 0 Å². The molecule has 0 heterocycles. The smallest absolute Gasteiger partial charge is 0.306 e. The topological polar surface area (TPSA) is 78.9 Å². The molecule has 0 spiro atoms. The zero-order valence-corrected chi connectivity index (χ0v) is 39.8. The van der Waals surface area contributed by atoms with Crippen molar-refractivity contribution in [3.8, 4) is 0 Å². The van der Waals surface area contributed by atoms with Gasteiger partial charge in [-0.25, -0.2) is 0 Å². The molecule has 0 saturated carbocycles. The van der Waals surface area contributed by atoms with Gasteiger partial charge in [0, 0.05) is 19.3 Å². The number of rotatable bonds is 43. The third-order valence-electron chi connectivity index (χ3n) is 10.0. The molecule has 1 atom stereocenters. The Morgan fingerprint density at radius 3 is 1.08 bits per heavy atom.